The van der Waals surface area contributed by atoms with Crippen molar-refractivity contribution in [3.8, 4) is 0 Å². The Hall–Kier alpha value is -2.22. The summed E-state index contributed by atoms with van der Waals surface area (Å²) in [6.07, 6.45) is 4.73. The minimum absolute atomic E-state index is 0.0930. The standard InChI is InChI=1S/C13H16N2O5S/c1-10(16)14-8-4-3-5-11-6-7-12(21(2,19)20)9-13(11)15(17)18/h3,5-7,9H,4,8H2,1-2H3,(H,14,16). The first-order chi connectivity index (χ1) is 9.71. The maximum absolute atomic E-state index is 11.4. The minimum atomic E-state index is -3.49. The molecule has 0 spiro atoms. The zero-order valence-electron chi connectivity index (χ0n) is 11.7. The van der Waals surface area contributed by atoms with Crippen LogP contribution in [0.5, 0.6) is 0 Å². The van der Waals surface area contributed by atoms with Crippen LogP contribution in [0.4, 0.5) is 5.69 Å². The van der Waals surface area contributed by atoms with Crippen LogP contribution in [-0.2, 0) is 14.6 Å². The van der Waals surface area contributed by atoms with Crippen molar-refractivity contribution in [3.63, 3.8) is 0 Å². The highest BCUT2D eigenvalue weighted by Crippen LogP contribution is 2.24. The molecular weight excluding hydrogens is 296 g/mol. The number of nitro groups is 1. The van der Waals surface area contributed by atoms with Crippen LogP contribution in [0.15, 0.2) is 29.2 Å². The van der Waals surface area contributed by atoms with Gasteiger partial charge in [-0.1, -0.05) is 12.2 Å². The van der Waals surface area contributed by atoms with E-state index in [1.807, 2.05) is 0 Å². The average molecular weight is 312 g/mol. The second-order valence-corrected chi connectivity index (χ2v) is 6.44. The van der Waals surface area contributed by atoms with E-state index in [1.165, 1.54) is 25.1 Å². The molecule has 0 unspecified atom stereocenters. The molecule has 0 fully saturated rings. The van der Waals surface area contributed by atoms with E-state index in [0.29, 0.717) is 18.5 Å². The topological polar surface area (TPSA) is 106 Å². The van der Waals surface area contributed by atoms with Crippen LogP contribution < -0.4 is 5.32 Å². The van der Waals surface area contributed by atoms with Crippen LogP contribution in [0.1, 0.15) is 18.9 Å². The van der Waals surface area contributed by atoms with Gasteiger partial charge in [-0.05, 0) is 18.6 Å². The van der Waals surface area contributed by atoms with Gasteiger partial charge in [0.1, 0.15) is 0 Å². The fourth-order valence-corrected chi connectivity index (χ4v) is 2.24. The van der Waals surface area contributed by atoms with Crippen molar-refractivity contribution in [2.75, 3.05) is 12.8 Å². The van der Waals surface area contributed by atoms with Crippen LogP contribution in [0.25, 0.3) is 6.08 Å². The first kappa shape index (κ1) is 16.8. The van der Waals surface area contributed by atoms with Crippen LogP contribution in [0.2, 0.25) is 0 Å². The van der Waals surface area contributed by atoms with Gasteiger partial charge >= 0.3 is 0 Å². The fourth-order valence-electron chi connectivity index (χ4n) is 1.60. The number of sulfone groups is 1. The third kappa shape index (κ3) is 5.35. The summed E-state index contributed by atoms with van der Waals surface area (Å²) < 4.78 is 22.8. The number of nitrogens with one attached hydrogen (secondary N) is 1. The van der Waals surface area contributed by atoms with Crippen molar-refractivity contribution in [1.29, 1.82) is 0 Å². The molecule has 0 saturated heterocycles. The van der Waals surface area contributed by atoms with E-state index in [4.69, 9.17) is 0 Å². The molecule has 1 aromatic rings. The third-order valence-electron chi connectivity index (χ3n) is 2.61. The molecule has 21 heavy (non-hydrogen) atoms. The van der Waals surface area contributed by atoms with E-state index in [9.17, 15) is 23.3 Å². The fraction of sp³-hybridized carbons (Fsp3) is 0.308. The van der Waals surface area contributed by atoms with Crippen molar-refractivity contribution in [3.05, 3.63) is 40.0 Å². The van der Waals surface area contributed by atoms with Gasteiger partial charge in [-0.2, -0.15) is 0 Å². The van der Waals surface area contributed by atoms with Crippen LogP contribution in [0.3, 0.4) is 0 Å². The zero-order chi connectivity index (χ0) is 16.0. The Balaban J connectivity index is 2.95. The van der Waals surface area contributed by atoms with E-state index >= 15 is 0 Å². The van der Waals surface area contributed by atoms with Gasteiger partial charge in [0.05, 0.1) is 15.4 Å². The average Bonchev–Trinajstić information content (AvgIpc) is 2.36. The Kier molecular flexibility index (Phi) is 5.60. The first-order valence-corrected chi connectivity index (χ1v) is 8.00. The Morgan fingerprint density at radius 2 is 2.10 bits per heavy atom. The summed E-state index contributed by atoms with van der Waals surface area (Å²) >= 11 is 0. The molecule has 0 aliphatic heterocycles. The molecule has 0 radical (unpaired) electrons. The highest BCUT2D eigenvalue weighted by atomic mass is 32.2. The van der Waals surface area contributed by atoms with Gasteiger partial charge < -0.3 is 5.32 Å². The number of rotatable bonds is 6. The van der Waals surface area contributed by atoms with Gasteiger partial charge in [-0.15, -0.1) is 0 Å². The van der Waals surface area contributed by atoms with Crippen molar-refractivity contribution in [2.24, 2.45) is 0 Å². The SMILES string of the molecule is CC(=O)NCCC=Cc1ccc(S(C)(=O)=O)cc1[N+](=O)[O-]. The predicted molar refractivity (Wildman–Crippen MR) is 78.5 cm³/mol. The molecule has 114 valence electrons. The Bertz CT molecular complexity index is 680. The summed E-state index contributed by atoms with van der Waals surface area (Å²) in [4.78, 5) is 21.0. The molecule has 1 aromatic carbocycles. The quantitative estimate of drug-likeness (QED) is 0.487. The lowest BCUT2D eigenvalue weighted by Gasteiger charge is -2.02. The molecule has 0 atom stereocenters. The smallest absolute Gasteiger partial charge is 0.277 e. The molecule has 0 bridgehead atoms. The van der Waals surface area contributed by atoms with Crippen LogP contribution in [0, 0.1) is 10.1 Å². The number of carbonyl (C=O) groups excluding carboxylic acids is 1. The second-order valence-electron chi connectivity index (χ2n) is 4.42. The van der Waals surface area contributed by atoms with Crippen molar-refractivity contribution in [2.45, 2.75) is 18.2 Å². The molecule has 0 aliphatic rings. The van der Waals surface area contributed by atoms with Gasteiger partial charge in [0.25, 0.3) is 5.69 Å². The zero-order valence-corrected chi connectivity index (χ0v) is 12.5. The summed E-state index contributed by atoms with van der Waals surface area (Å²) in [5, 5.41) is 13.6. The van der Waals surface area contributed by atoms with E-state index in [0.717, 1.165) is 12.3 Å². The monoisotopic (exact) mass is 312 g/mol. The molecular formula is C13H16N2O5S. The Morgan fingerprint density at radius 1 is 1.43 bits per heavy atom. The summed E-state index contributed by atoms with van der Waals surface area (Å²) in [6, 6.07) is 3.77. The van der Waals surface area contributed by atoms with Crippen molar-refractivity contribution in [1.82, 2.24) is 5.32 Å². The lowest BCUT2D eigenvalue weighted by Crippen LogP contribution is -2.20. The number of carbonyl (C=O) groups is 1. The van der Waals surface area contributed by atoms with Gasteiger partial charge in [0, 0.05) is 25.8 Å². The largest absolute Gasteiger partial charge is 0.356 e. The third-order valence-corrected chi connectivity index (χ3v) is 3.72. The number of nitro benzene ring substituents is 1. The molecule has 1 N–H and O–H groups in total. The van der Waals surface area contributed by atoms with Gasteiger partial charge in [-0.25, -0.2) is 8.42 Å². The number of hydrogen-bond acceptors (Lipinski definition) is 5. The summed E-state index contributed by atoms with van der Waals surface area (Å²) in [6.45, 7) is 1.83. The maximum atomic E-state index is 11.4. The summed E-state index contributed by atoms with van der Waals surface area (Å²) in [5.41, 5.74) is 0.0453. The maximum Gasteiger partial charge on any atom is 0.277 e. The van der Waals surface area contributed by atoms with Crippen molar-refractivity contribution < 1.29 is 18.1 Å². The molecule has 1 amide bonds. The lowest BCUT2D eigenvalue weighted by atomic mass is 10.1. The number of benzene rings is 1. The van der Waals surface area contributed by atoms with Crippen molar-refractivity contribution >= 4 is 27.5 Å². The molecule has 0 aromatic heterocycles. The van der Waals surface area contributed by atoms with Gasteiger partial charge in [0.2, 0.25) is 5.91 Å². The molecule has 7 nitrogen and oxygen atoms in total. The van der Waals surface area contributed by atoms with Gasteiger partial charge in [0.15, 0.2) is 9.84 Å². The predicted octanol–water partition coefficient (Wildman–Crippen LogP) is 1.54. The summed E-state index contributed by atoms with van der Waals surface area (Å²) in [7, 11) is -3.49. The molecule has 0 aliphatic carbocycles. The highest BCUT2D eigenvalue weighted by Gasteiger charge is 2.16. The molecule has 8 heteroatoms. The molecule has 0 saturated carbocycles. The van der Waals surface area contributed by atoms with Crippen LogP contribution in [-0.4, -0.2) is 32.0 Å². The molecule has 1 rings (SSSR count). The van der Waals surface area contributed by atoms with Crippen LogP contribution >= 0.6 is 0 Å². The highest BCUT2D eigenvalue weighted by molar-refractivity contribution is 7.90. The first-order valence-electron chi connectivity index (χ1n) is 6.11. The Morgan fingerprint density at radius 3 is 2.62 bits per heavy atom. The minimum Gasteiger partial charge on any atom is -0.356 e. The van der Waals surface area contributed by atoms with Gasteiger partial charge in [-0.3, -0.25) is 14.9 Å². The normalized spacial score (nSPS) is 11.5. The number of amides is 1. The summed E-state index contributed by atoms with van der Waals surface area (Å²) in [5.74, 6) is -0.146. The Labute approximate surface area is 122 Å². The van der Waals surface area contributed by atoms with E-state index in [-0.39, 0.29) is 16.5 Å². The molecule has 0 heterocycles. The second kappa shape index (κ2) is 6.98. The van der Waals surface area contributed by atoms with E-state index in [1.54, 1.807) is 6.08 Å². The number of hydrogen-bond donors (Lipinski definition) is 1. The van der Waals surface area contributed by atoms with E-state index in [2.05, 4.69) is 5.32 Å². The lowest BCUT2D eigenvalue weighted by molar-refractivity contribution is -0.385. The van der Waals surface area contributed by atoms with E-state index < -0.39 is 14.8 Å². The number of nitrogens with zero attached hydrogens (tertiary/aromatic N) is 1.